The second-order valence-electron chi connectivity index (χ2n) is 5.26. The molecule has 0 aliphatic rings. The summed E-state index contributed by atoms with van der Waals surface area (Å²) in [5, 5.41) is 11.3. The molecule has 0 bridgehead atoms. The third-order valence-corrected chi connectivity index (χ3v) is 4.42. The minimum Gasteiger partial charge on any atom is -0.357 e. The second-order valence-corrected chi connectivity index (χ2v) is 6.78. The van der Waals surface area contributed by atoms with Gasteiger partial charge in [0, 0.05) is 36.5 Å². The molecule has 0 aliphatic carbocycles. The van der Waals surface area contributed by atoms with Crippen molar-refractivity contribution in [2.45, 2.75) is 30.5 Å². The SMILES string of the molecule is CCNC(=NCc1ccnn1C)NCC(C)Sc1ccccc1. The van der Waals surface area contributed by atoms with Gasteiger partial charge >= 0.3 is 0 Å². The van der Waals surface area contributed by atoms with Gasteiger partial charge in [-0.2, -0.15) is 5.10 Å². The predicted molar refractivity (Wildman–Crippen MR) is 97.8 cm³/mol. The molecule has 1 unspecified atom stereocenters. The highest BCUT2D eigenvalue weighted by Crippen LogP contribution is 2.21. The zero-order valence-corrected chi connectivity index (χ0v) is 14.8. The third-order valence-electron chi connectivity index (χ3n) is 3.30. The molecule has 124 valence electrons. The summed E-state index contributed by atoms with van der Waals surface area (Å²) in [5.41, 5.74) is 1.09. The van der Waals surface area contributed by atoms with E-state index in [1.807, 2.05) is 35.6 Å². The Balaban J connectivity index is 1.85. The lowest BCUT2D eigenvalue weighted by Gasteiger charge is -2.15. The zero-order valence-electron chi connectivity index (χ0n) is 14.0. The van der Waals surface area contributed by atoms with E-state index < -0.39 is 0 Å². The van der Waals surface area contributed by atoms with Crippen LogP contribution in [0.5, 0.6) is 0 Å². The molecule has 23 heavy (non-hydrogen) atoms. The molecular formula is C17H25N5S. The van der Waals surface area contributed by atoms with Crippen molar-refractivity contribution in [2.24, 2.45) is 12.0 Å². The molecular weight excluding hydrogens is 306 g/mol. The molecule has 0 saturated carbocycles. The van der Waals surface area contributed by atoms with Crippen LogP contribution in [-0.4, -0.2) is 34.1 Å². The van der Waals surface area contributed by atoms with E-state index in [0.717, 1.165) is 24.7 Å². The lowest BCUT2D eigenvalue weighted by atomic mass is 10.4. The Hall–Kier alpha value is -1.95. The maximum Gasteiger partial charge on any atom is 0.191 e. The largest absolute Gasteiger partial charge is 0.357 e. The van der Waals surface area contributed by atoms with E-state index in [4.69, 9.17) is 0 Å². The van der Waals surface area contributed by atoms with Gasteiger partial charge < -0.3 is 10.6 Å². The Morgan fingerprint density at radius 1 is 1.26 bits per heavy atom. The number of hydrogen-bond donors (Lipinski definition) is 2. The first-order chi connectivity index (χ1) is 11.2. The topological polar surface area (TPSA) is 54.2 Å². The van der Waals surface area contributed by atoms with Gasteiger partial charge in [0.05, 0.1) is 12.2 Å². The fourth-order valence-electron chi connectivity index (χ4n) is 2.07. The van der Waals surface area contributed by atoms with Crippen molar-refractivity contribution >= 4 is 17.7 Å². The van der Waals surface area contributed by atoms with Crippen LogP contribution in [0.1, 0.15) is 19.5 Å². The molecule has 2 aromatic rings. The number of aryl methyl sites for hydroxylation is 1. The standard InChI is InChI=1S/C17H25N5S/c1-4-18-17(20-13-15-10-11-21-22(15)3)19-12-14(2)23-16-8-6-5-7-9-16/h5-11,14H,4,12-13H2,1-3H3,(H2,18,19,20). The van der Waals surface area contributed by atoms with Crippen molar-refractivity contribution in [3.8, 4) is 0 Å². The smallest absolute Gasteiger partial charge is 0.191 e. The van der Waals surface area contributed by atoms with Gasteiger partial charge in [-0.05, 0) is 25.1 Å². The highest BCUT2D eigenvalue weighted by atomic mass is 32.2. The minimum atomic E-state index is 0.456. The van der Waals surface area contributed by atoms with E-state index in [9.17, 15) is 0 Å². The number of benzene rings is 1. The first kappa shape index (κ1) is 17.4. The van der Waals surface area contributed by atoms with Crippen molar-refractivity contribution in [1.29, 1.82) is 0 Å². The fourth-order valence-corrected chi connectivity index (χ4v) is 3.02. The van der Waals surface area contributed by atoms with E-state index in [1.165, 1.54) is 4.90 Å². The van der Waals surface area contributed by atoms with Gasteiger partial charge in [-0.15, -0.1) is 11.8 Å². The van der Waals surface area contributed by atoms with Crippen LogP contribution in [0.3, 0.4) is 0 Å². The quantitative estimate of drug-likeness (QED) is 0.465. The summed E-state index contributed by atoms with van der Waals surface area (Å²) in [7, 11) is 1.93. The summed E-state index contributed by atoms with van der Waals surface area (Å²) in [4.78, 5) is 5.91. The van der Waals surface area contributed by atoms with Crippen molar-refractivity contribution in [3.63, 3.8) is 0 Å². The van der Waals surface area contributed by atoms with Gasteiger partial charge in [-0.3, -0.25) is 4.68 Å². The molecule has 0 radical (unpaired) electrons. The van der Waals surface area contributed by atoms with Crippen LogP contribution in [-0.2, 0) is 13.6 Å². The predicted octanol–water partition coefficient (Wildman–Crippen LogP) is 2.66. The van der Waals surface area contributed by atoms with Crippen molar-refractivity contribution in [2.75, 3.05) is 13.1 Å². The number of nitrogens with one attached hydrogen (secondary N) is 2. The maximum atomic E-state index is 4.62. The molecule has 0 aliphatic heterocycles. The molecule has 2 N–H and O–H groups in total. The van der Waals surface area contributed by atoms with Gasteiger partial charge in [0.1, 0.15) is 0 Å². The molecule has 1 heterocycles. The summed E-state index contributed by atoms with van der Waals surface area (Å²) < 4.78 is 1.85. The molecule has 1 aromatic carbocycles. The third kappa shape index (κ3) is 5.98. The van der Waals surface area contributed by atoms with Gasteiger partial charge in [-0.25, -0.2) is 4.99 Å². The van der Waals surface area contributed by atoms with Gasteiger partial charge in [0.15, 0.2) is 5.96 Å². The number of guanidine groups is 1. The molecule has 0 fully saturated rings. The van der Waals surface area contributed by atoms with Crippen LogP contribution < -0.4 is 10.6 Å². The highest BCUT2D eigenvalue weighted by molar-refractivity contribution is 8.00. The lowest BCUT2D eigenvalue weighted by Crippen LogP contribution is -2.40. The Bertz CT molecular complexity index is 608. The molecule has 2 rings (SSSR count). The van der Waals surface area contributed by atoms with Crippen LogP contribution >= 0.6 is 11.8 Å². The number of aromatic nitrogens is 2. The van der Waals surface area contributed by atoms with Crippen molar-refractivity contribution in [3.05, 3.63) is 48.3 Å². The highest BCUT2D eigenvalue weighted by Gasteiger charge is 2.06. The monoisotopic (exact) mass is 331 g/mol. The molecule has 1 atom stereocenters. The molecule has 1 aromatic heterocycles. The first-order valence-electron chi connectivity index (χ1n) is 7.89. The van der Waals surface area contributed by atoms with E-state index in [-0.39, 0.29) is 0 Å². The molecule has 6 heteroatoms. The van der Waals surface area contributed by atoms with E-state index in [0.29, 0.717) is 11.8 Å². The van der Waals surface area contributed by atoms with E-state index in [2.05, 4.69) is 58.8 Å². The van der Waals surface area contributed by atoms with Crippen LogP contribution in [0.2, 0.25) is 0 Å². The number of aliphatic imine (C=N–C) groups is 1. The normalized spacial score (nSPS) is 12.9. The number of rotatable bonds is 7. The second kappa shape index (κ2) is 9.25. The van der Waals surface area contributed by atoms with Gasteiger partial charge in [0.2, 0.25) is 0 Å². The Labute approximate surface area is 142 Å². The fraction of sp³-hybridized carbons (Fsp3) is 0.412. The summed E-state index contributed by atoms with van der Waals surface area (Å²) >= 11 is 1.86. The Morgan fingerprint density at radius 2 is 2.04 bits per heavy atom. The minimum absolute atomic E-state index is 0.456. The van der Waals surface area contributed by atoms with Crippen LogP contribution in [0.15, 0.2) is 52.5 Å². The maximum absolute atomic E-state index is 4.62. The average Bonchev–Trinajstić information content (AvgIpc) is 2.96. The van der Waals surface area contributed by atoms with E-state index >= 15 is 0 Å². The average molecular weight is 331 g/mol. The molecule has 0 saturated heterocycles. The van der Waals surface area contributed by atoms with E-state index in [1.54, 1.807) is 6.20 Å². The molecule has 0 spiro atoms. The first-order valence-corrected chi connectivity index (χ1v) is 8.77. The van der Waals surface area contributed by atoms with Crippen LogP contribution in [0, 0.1) is 0 Å². The zero-order chi connectivity index (χ0) is 16.5. The van der Waals surface area contributed by atoms with Crippen LogP contribution in [0.25, 0.3) is 0 Å². The summed E-state index contributed by atoms with van der Waals surface area (Å²) in [6.07, 6.45) is 1.80. The van der Waals surface area contributed by atoms with Gasteiger partial charge in [0.25, 0.3) is 0 Å². The summed E-state index contributed by atoms with van der Waals surface area (Å²) in [5.74, 6) is 0.842. The number of nitrogens with zero attached hydrogens (tertiary/aromatic N) is 3. The summed E-state index contributed by atoms with van der Waals surface area (Å²) in [6.45, 7) is 6.61. The summed E-state index contributed by atoms with van der Waals surface area (Å²) in [6, 6.07) is 12.5. The Morgan fingerprint density at radius 3 is 2.70 bits per heavy atom. The van der Waals surface area contributed by atoms with Gasteiger partial charge in [-0.1, -0.05) is 25.1 Å². The lowest BCUT2D eigenvalue weighted by molar-refractivity contribution is 0.707. The molecule has 0 amide bonds. The number of hydrogen-bond acceptors (Lipinski definition) is 3. The number of thioether (sulfide) groups is 1. The molecule has 5 nitrogen and oxygen atoms in total. The Kier molecular flexibility index (Phi) is 7.00. The van der Waals surface area contributed by atoms with Crippen molar-refractivity contribution in [1.82, 2.24) is 20.4 Å². The van der Waals surface area contributed by atoms with Crippen LogP contribution in [0.4, 0.5) is 0 Å². The van der Waals surface area contributed by atoms with Crippen molar-refractivity contribution < 1.29 is 0 Å².